The Bertz CT molecular complexity index is 1380. The lowest BCUT2D eigenvalue weighted by Gasteiger charge is -2.38. The van der Waals surface area contributed by atoms with Crippen LogP contribution in [0.3, 0.4) is 0 Å². The Morgan fingerprint density at radius 2 is 1.69 bits per heavy atom. The molecule has 7 nitrogen and oxygen atoms in total. The number of imidazole rings is 1. The molecule has 0 aliphatic carbocycles. The monoisotopic (exact) mass is 425 g/mol. The second-order valence-electron chi connectivity index (χ2n) is 8.40. The van der Waals surface area contributed by atoms with Crippen LogP contribution in [0.4, 0.5) is 11.5 Å². The first-order valence-electron chi connectivity index (χ1n) is 10.6. The molecule has 1 unspecified atom stereocenters. The summed E-state index contributed by atoms with van der Waals surface area (Å²) in [5, 5.41) is 3.41. The fraction of sp³-hybridized carbons (Fsp3) is 0.200. The second kappa shape index (κ2) is 7.39. The molecule has 1 atom stereocenters. The number of anilines is 1. The normalized spacial score (nSPS) is 17.9. The third-order valence-electron chi connectivity index (χ3n) is 6.37. The highest BCUT2D eigenvalue weighted by Gasteiger charge is 2.46. The van der Waals surface area contributed by atoms with Gasteiger partial charge in [0.1, 0.15) is 17.5 Å². The number of H-pyrrole nitrogens is 1. The van der Waals surface area contributed by atoms with Crippen molar-refractivity contribution in [2.24, 2.45) is 0 Å². The summed E-state index contributed by atoms with van der Waals surface area (Å²) in [5.74, 6) is 0.730. The molecule has 160 valence electrons. The molecule has 32 heavy (non-hydrogen) atoms. The summed E-state index contributed by atoms with van der Waals surface area (Å²) in [5.41, 5.74) is 8.18. The van der Waals surface area contributed by atoms with E-state index in [-0.39, 0.29) is 10.4 Å². The van der Waals surface area contributed by atoms with E-state index in [0.29, 0.717) is 18.0 Å². The maximum absolute atomic E-state index is 14.1. The van der Waals surface area contributed by atoms with Crippen molar-refractivity contribution in [1.29, 1.82) is 0 Å². The number of para-hydroxylation sites is 1. The number of quaternary nitrogens is 1. The highest BCUT2D eigenvalue weighted by molar-refractivity contribution is 6.10. The van der Waals surface area contributed by atoms with Crippen molar-refractivity contribution < 1.29 is 4.79 Å². The fourth-order valence-electron chi connectivity index (χ4n) is 4.80. The largest absolute Gasteiger partial charge is 0.359 e. The summed E-state index contributed by atoms with van der Waals surface area (Å²) in [7, 11) is 1.99. The summed E-state index contributed by atoms with van der Waals surface area (Å²) in [6.07, 6.45) is 5.22. The molecule has 5 rings (SSSR count). The zero-order valence-corrected chi connectivity index (χ0v) is 18.6. The Balaban J connectivity index is 1.66. The van der Waals surface area contributed by atoms with Crippen molar-refractivity contribution in [3.63, 3.8) is 0 Å². The molecule has 2 N–H and O–H groups in total. The molecule has 2 aromatic heterocycles. The molecule has 1 aliphatic heterocycles. The Kier molecular flexibility index (Phi) is 4.64. The number of carbonyl (C=O) groups is 1. The van der Waals surface area contributed by atoms with Crippen molar-refractivity contribution >= 4 is 34.7 Å². The van der Waals surface area contributed by atoms with Gasteiger partial charge in [-0.25, -0.2) is 19.7 Å². The maximum atomic E-state index is 14.1. The highest BCUT2D eigenvalue weighted by Crippen LogP contribution is 2.40. The molecule has 0 bridgehead atoms. The van der Waals surface area contributed by atoms with Gasteiger partial charge in [0.05, 0.1) is 25.5 Å². The lowest BCUT2D eigenvalue weighted by Crippen LogP contribution is -2.54. The smallest absolute Gasteiger partial charge is 0.356 e. The number of hydrogen-bond donors (Lipinski definition) is 2. The van der Waals surface area contributed by atoms with E-state index in [2.05, 4.69) is 57.3 Å². The van der Waals surface area contributed by atoms with Gasteiger partial charge in [-0.3, -0.25) is 0 Å². The van der Waals surface area contributed by atoms with Gasteiger partial charge < -0.3 is 10.3 Å². The third-order valence-corrected chi connectivity index (χ3v) is 6.37. The molecule has 4 aromatic rings. The topological polar surface area (TPSA) is 83.6 Å². The van der Waals surface area contributed by atoms with Crippen molar-refractivity contribution in [2.75, 3.05) is 18.9 Å². The molecule has 0 saturated carbocycles. The van der Waals surface area contributed by atoms with Crippen LogP contribution in [-0.4, -0.2) is 39.4 Å². The fourth-order valence-corrected chi connectivity index (χ4v) is 4.80. The average molecular weight is 426 g/mol. The first kappa shape index (κ1) is 20.1. The van der Waals surface area contributed by atoms with Crippen LogP contribution in [0, 0.1) is 20.8 Å². The zero-order valence-electron chi connectivity index (χ0n) is 18.6. The first-order valence-corrected chi connectivity index (χ1v) is 10.6. The number of carbonyl (C=O) groups excluding carboxylic acids is 1. The maximum Gasteiger partial charge on any atom is 0.356 e. The molecule has 1 aliphatic rings. The highest BCUT2D eigenvalue weighted by atomic mass is 16.2. The summed E-state index contributed by atoms with van der Waals surface area (Å²) in [6, 6.07) is 12.2. The van der Waals surface area contributed by atoms with Gasteiger partial charge in [0.25, 0.3) is 0 Å². The number of benzene rings is 2. The van der Waals surface area contributed by atoms with Crippen LogP contribution in [0.25, 0.3) is 17.2 Å². The van der Waals surface area contributed by atoms with Crippen molar-refractivity contribution in [3.05, 3.63) is 82.6 Å². The minimum absolute atomic E-state index is 0.0733. The van der Waals surface area contributed by atoms with Gasteiger partial charge in [0.15, 0.2) is 17.2 Å². The standard InChI is InChI=1S/C25H25N6O/c1-15-7-6-10-18-11-19(12-26-23-21-24(28-13-27-21)30-14-29-23)31(4,25(32)20(15)18)22-16(2)8-5-9-17(22)3/h5-11,13-14H,12H2,1-4H3,(H2,26,27,28,29,30)/q+1. The summed E-state index contributed by atoms with van der Waals surface area (Å²) >= 11 is 0. The molecule has 2 aromatic carbocycles. The molecular weight excluding hydrogens is 400 g/mol. The van der Waals surface area contributed by atoms with Crippen LogP contribution in [0.15, 0.2) is 54.7 Å². The Hall–Kier alpha value is -3.84. The molecule has 0 fully saturated rings. The SMILES string of the molecule is Cc1cccc2c1C(=O)[N+](C)(c1c(C)cccc1C)C(CNc1ncnc3nc[nH]c13)=C2. The lowest BCUT2D eigenvalue weighted by atomic mass is 9.92. The number of aromatic nitrogens is 4. The Morgan fingerprint density at radius 1 is 0.969 bits per heavy atom. The van der Waals surface area contributed by atoms with Gasteiger partial charge in [-0.15, -0.1) is 0 Å². The van der Waals surface area contributed by atoms with Crippen LogP contribution < -0.4 is 9.80 Å². The van der Waals surface area contributed by atoms with Crippen LogP contribution in [-0.2, 0) is 0 Å². The lowest BCUT2D eigenvalue weighted by molar-refractivity contribution is 0.0835. The Morgan fingerprint density at radius 3 is 2.47 bits per heavy atom. The number of amides is 1. The van der Waals surface area contributed by atoms with E-state index in [1.54, 1.807) is 6.33 Å². The van der Waals surface area contributed by atoms with Crippen LogP contribution in [0.2, 0.25) is 0 Å². The molecular formula is C25H25N6O+. The Labute approximate surface area is 186 Å². The van der Waals surface area contributed by atoms with Crippen LogP contribution >= 0.6 is 0 Å². The molecule has 0 radical (unpaired) electrons. The number of nitrogens with one attached hydrogen (secondary N) is 2. The average Bonchev–Trinajstić information content (AvgIpc) is 3.25. The minimum atomic E-state index is 0.0733. The number of nitrogens with zero attached hydrogens (tertiary/aromatic N) is 4. The first-order chi connectivity index (χ1) is 15.4. The van der Waals surface area contributed by atoms with Gasteiger partial charge in [0.2, 0.25) is 0 Å². The third kappa shape index (κ3) is 2.93. The molecule has 7 heteroatoms. The zero-order chi connectivity index (χ0) is 22.5. The molecule has 0 spiro atoms. The van der Waals surface area contributed by atoms with Gasteiger partial charge in [-0.2, -0.15) is 4.48 Å². The van der Waals surface area contributed by atoms with Crippen LogP contribution in [0.5, 0.6) is 0 Å². The van der Waals surface area contributed by atoms with E-state index in [9.17, 15) is 4.79 Å². The quantitative estimate of drug-likeness (QED) is 0.470. The van der Waals surface area contributed by atoms with Crippen LogP contribution in [0.1, 0.15) is 32.6 Å². The number of likely N-dealkylation sites (N-methyl/N-ethyl adjacent to an activating group) is 1. The van der Waals surface area contributed by atoms with Gasteiger partial charge in [-0.05, 0) is 31.9 Å². The summed E-state index contributed by atoms with van der Waals surface area (Å²) in [4.78, 5) is 30.0. The molecule has 1 amide bonds. The summed E-state index contributed by atoms with van der Waals surface area (Å²) < 4.78 is 0.0839. The number of aromatic amines is 1. The second-order valence-corrected chi connectivity index (χ2v) is 8.40. The van der Waals surface area contributed by atoms with Gasteiger partial charge in [-0.1, -0.05) is 36.4 Å². The van der Waals surface area contributed by atoms with E-state index in [4.69, 9.17) is 0 Å². The summed E-state index contributed by atoms with van der Waals surface area (Å²) in [6.45, 7) is 6.57. The van der Waals surface area contributed by atoms with E-state index in [1.165, 1.54) is 6.33 Å². The number of hydrogen-bond acceptors (Lipinski definition) is 5. The van der Waals surface area contributed by atoms with Gasteiger partial charge >= 0.3 is 5.91 Å². The number of fused-ring (bicyclic) bond motifs is 2. The van der Waals surface area contributed by atoms with Crippen molar-refractivity contribution in [2.45, 2.75) is 20.8 Å². The van der Waals surface area contributed by atoms with Crippen molar-refractivity contribution in [3.8, 4) is 0 Å². The number of rotatable bonds is 4. The van der Waals surface area contributed by atoms with Crippen molar-refractivity contribution in [1.82, 2.24) is 24.4 Å². The minimum Gasteiger partial charge on any atom is -0.359 e. The van der Waals surface area contributed by atoms with E-state index < -0.39 is 0 Å². The predicted molar refractivity (Wildman–Crippen MR) is 127 cm³/mol. The van der Waals surface area contributed by atoms with Gasteiger partial charge in [0, 0.05) is 17.2 Å². The van der Waals surface area contributed by atoms with E-state index in [0.717, 1.165) is 44.7 Å². The van der Waals surface area contributed by atoms with E-state index in [1.807, 2.05) is 38.2 Å². The molecule has 3 heterocycles. The number of aryl methyl sites for hydroxylation is 3. The predicted octanol–water partition coefficient (Wildman–Crippen LogP) is 4.52. The molecule has 0 saturated heterocycles. The van der Waals surface area contributed by atoms with E-state index >= 15 is 0 Å².